The van der Waals surface area contributed by atoms with Gasteiger partial charge >= 0.3 is 0 Å². The zero-order chi connectivity index (χ0) is 11.1. The van der Waals surface area contributed by atoms with Crippen LogP contribution in [0.4, 0.5) is 0 Å². The normalized spacial score (nSPS) is 11.7. The Balaban J connectivity index is 2.18. The van der Waals surface area contributed by atoms with Crippen LogP contribution >= 0.6 is 0 Å². The van der Waals surface area contributed by atoms with Gasteiger partial charge in [0.25, 0.3) is 0 Å². The Kier molecular flexibility index (Phi) is 5.10. The molecule has 1 aromatic carbocycles. The van der Waals surface area contributed by atoms with Gasteiger partial charge in [-0.3, -0.25) is 0 Å². The minimum Gasteiger partial charge on any atom is -0.0694 e. The Hall–Kier alpha value is -0.563. The molecule has 0 aliphatic rings. The zero-order valence-electron chi connectivity index (χ0n) is 10.4. The third-order valence-electron chi connectivity index (χ3n) is 3.37. The van der Waals surface area contributed by atoms with Crippen molar-refractivity contribution in [2.45, 2.75) is 51.4 Å². The topological polar surface area (TPSA) is 0 Å². The van der Waals surface area contributed by atoms with Crippen LogP contribution < -0.4 is 0 Å². The average molecular weight is 220 g/mol. The molecule has 0 nitrogen and oxygen atoms in total. The molecular weight excluding hydrogens is 196 g/mol. The lowest BCUT2D eigenvalue weighted by Crippen LogP contribution is -2.22. The summed E-state index contributed by atoms with van der Waals surface area (Å²) in [5, 5.41) is 0. The lowest BCUT2D eigenvalue weighted by Gasteiger charge is -2.19. The molecule has 0 amide bonds. The van der Waals surface area contributed by atoms with Crippen molar-refractivity contribution < 1.29 is 0 Å². The van der Waals surface area contributed by atoms with Crippen molar-refractivity contribution in [2.75, 3.05) is 0 Å². The van der Waals surface area contributed by atoms with Crippen LogP contribution in [0.15, 0.2) is 30.3 Å². The Labute approximate surface area is 95.7 Å². The van der Waals surface area contributed by atoms with Crippen LogP contribution in [0.3, 0.4) is 0 Å². The quantitative estimate of drug-likeness (QED) is 0.480. The van der Waals surface area contributed by atoms with E-state index >= 15 is 0 Å². The maximum Gasteiger partial charge on any atom is 0.0471 e. The van der Waals surface area contributed by atoms with E-state index in [0.29, 0.717) is 0 Å². The van der Waals surface area contributed by atoms with Crippen LogP contribution in [0.25, 0.3) is 0 Å². The standard InChI is InChI=1S/C14H24Si/c1-4-15(2,3)13-9-8-12-14-10-6-5-7-11-14/h5-7,10-11H,4,8-9,12-13H2,1-3H3. The minimum atomic E-state index is -0.815. The van der Waals surface area contributed by atoms with Crippen LogP contribution in [-0.2, 0) is 6.42 Å². The van der Waals surface area contributed by atoms with Crippen molar-refractivity contribution in [2.24, 2.45) is 0 Å². The van der Waals surface area contributed by atoms with E-state index in [1.807, 2.05) is 0 Å². The van der Waals surface area contributed by atoms with E-state index in [1.54, 1.807) is 0 Å². The van der Waals surface area contributed by atoms with Crippen LogP contribution in [-0.4, -0.2) is 8.07 Å². The third kappa shape index (κ3) is 5.17. The summed E-state index contributed by atoms with van der Waals surface area (Å²) < 4.78 is 0. The molecule has 0 heterocycles. The first-order valence-electron chi connectivity index (χ1n) is 6.18. The maximum atomic E-state index is 2.51. The van der Waals surface area contributed by atoms with Gasteiger partial charge in [-0.1, -0.05) is 68.9 Å². The Morgan fingerprint density at radius 1 is 1.00 bits per heavy atom. The molecule has 0 atom stereocenters. The van der Waals surface area contributed by atoms with Crippen molar-refractivity contribution in [1.29, 1.82) is 0 Å². The van der Waals surface area contributed by atoms with E-state index in [9.17, 15) is 0 Å². The molecule has 1 rings (SSSR count). The predicted molar refractivity (Wildman–Crippen MR) is 72.2 cm³/mol. The fraction of sp³-hybridized carbons (Fsp3) is 0.571. The summed E-state index contributed by atoms with van der Waals surface area (Å²) in [5.41, 5.74) is 1.49. The summed E-state index contributed by atoms with van der Waals surface area (Å²) in [6.45, 7) is 7.37. The van der Waals surface area contributed by atoms with Gasteiger partial charge in [0.05, 0.1) is 0 Å². The van der Waals surface area contributed by atoms with Gasteiger partial charge in [0.2, 0.25) is 0 Å². The van der Waals surface area contributed by atoms with Gasteiger partial charge in [-0.15, -0.1) is 0 Å². The number of aryl methyl sites for hydroxylation is 1. The Bertz CT molecular complexity index is 264. The highest BCUT2D eigenvalue weighted by Crippen LogP contribution is 2.18. The van der Waals surface area contributed by atoms with E-state index < -0.39 is 8.07 Å². The van der Waals surface area contributed by atoms with Gasteiger partial charge in [-0.2, -0.15) is 0 Å². The average Bonchev–Trinajstić information content (AvgIpc) is 2.26. The minimum absolute atomic E-state index is 0.815. The molecule has 1 aromatic rings. The fourth-order valence-electron chi connectivity index (χ4n) is 1.75. The van der Waals surface area contributed by atoms with Crippen molar-refractivity contribution in [3.05, 3.63) is 35.9 Å². The molecule has 0 radical (unpaired) electrons. The first kappa shape index (κ1) is 12.5. The fourth-order valence-corrected chi connectivity index (χ4v) is 3.31. The van der Waals surface area contributed by atoms with E-state index in [-0.39, 0.29) is 0 Å². The second-order valence-electron chi connectivity index (χ2n) is 5.21. The number of rotatable bonds is 6. The summed E-state index contributed by atoms with van der Waals surface area (Å²) >= 11 is 0. The first-order valence-corrected chi connectivity index (χ1v) is 9.59. The molecule has 0 saturated carbocycles. The molecular formula is C14H24Si. The SMILES string of the molecule is CC[Si](C)(C)CCCCc1ccccc1. The predicted octanol–water partition coefficient (Wildman–Crippen LogP) is 4.74. The summed E-state index contributed by atoms with van der Waals surface area (Å²) in [5.74, 6) is 0. The van der Waals surface area contributed by atoms with Crippen LogP contribution in [0, 0.1) is 0 Å². The molecule has 0 bridgehead atoms. The van der Waals surface area contributed by atoms with Gasteiger partial charge in [0.15, 0.2) is 0 Å². The van der Waals surface area contributed by atoms with Crippen molar-refractivity contribution in [1.82, 2.24) is 0 Å². The summed E-state index contributed by atoms with van der Waals surface area (Å²) in [6, 6.07) is 13.8. The molecule has 0 unspecified atom stereocenters. The van der Waals surface area contributed by atoms with Crippen LogP contribution in [0.1, 0.15) is 25.3 Å². The Morgan fingerprint density at radius 2 is 1.67 bits per heavy atom. The summed E-state index contributed by atoms with van der Waals surface area (Å²) in [7, 11) is -0.815. The molecule has 0 spiro atoms. The number of hydrogen-bond donors (Lipinski definition) is 0. The third-order valence-corrected chi connectivity index (χ3v) is 6.99. The van der Waals surface area contributed by atoms with Gasteiger partial charge in [-0.05, 0) is 18.4 Å². The largest absolute Gasteiger partial charge is 0.0694 e. The second-order valence-corrected chi connectivity index (χ2v) is 10.7. The molecule has 0 N–H and O–H groups in total. The second kappa shape index (κ2) is 6.11. The molecule has 0 fully saturated rings. The maximum absolute atomic E-state index is 2.51. The Morgan fingerprint density at radius 3 is 2.27 bits per heavy atom. The molecule has 0 saturated heterocycles. The van der Waals surface area contributed by atoms with E-state index in [0.717, 1.165) is 0 Å². The lowest BCUT2D eigenvalue weighted by atomic mass is 10.1. The molecule has 0 aliphatic carbocycles. The summed E-state index contributed by atoms with van der Waals surface area (Å²) in [6.07, 6.45) is 4.04. The van der Waals surface area contributed by atoms with Crippen molar-refractivity contribution in [3.8, 4) is 0 Å². The highest BCUT2D eigenvalue weighted by atomic mass is 28.3. The molecule has 15 heavy (non-hydrogen) atoms. The van der Waals surface area contributed by atoms with Gasteiger partial charge in [0.1, 0.15) is 0 Å². The van der Waals surface area contributed by atoms with Crippen molar-refractivity contribution >= 4 is 8.07 Å². The number of unbranched alkanes of at least 4 members (excludes halogenated alkanes) is 1. The van der Waals surface area contributed by atoms with Gasteiger partial charge in [0, 0.05) is 8.07 Å². The highest BCUT2D eigenvalue weighted by Gasteiger charge is 2.16. The smallest absolute Gasteiger partial charge is 0.0471 e. The van der Waals surface area contributed by atoms with Crippen LogP contribution in [0.2, 0.25) is 25.2 Å². The van der Waals surface area contributed by atoms with E-state index in [1.165, 1.54) is 36.9 Å². The molecule has 1 heteroatoms. The molecule has 0 aromatic heterocycles. The summed E-state index contributed by atoms with van der Waals surface area (Å²) in [4.78, 5) is 0. The van der Waals surface area contributed by atoms with Gasteiger partial charge in [-0.25, -0.2) is 0 Å². The van der Waals surface area contributed by atoms with Crippen LogP contribution in [0.5, 0.6) is 0 Å². The lowest BCUT2D eigenvalue weighted by molar-refractivity contribution is 0.782. The van der Waals surface area contributed by atoms with E-state index in [2.05, 4.69) is 50.3 Å². The van der Waals surface area contributed by atoms with Gasteiger partial charge < -0.3 is 0 Å². The number of hydrogen-bond acceptors (Lipinski definition) is 0. The zero-order valence-corrected chi connectivity index (χ0v) is 11.4. The molecule has 0 aliphatic heterocycles. The number of benzene rings is 1. The van der Waals surface area contributed by atoms with Crippen molar-refractivity contribution in [3.63, 3.8) is 0 Å². The highest BCUT2D eigenvalue weighted by molar-refractivity contribution is 6.77. The monoisotopic (exact) mass is 220 g/mol. The first-order chi connectivity index (χ1) is 7.14. The van der Waals surface area contributed by atoms with E-state index in [4.69, 9.17) is 0 Å². The molecule has 84 valence electrons.